The van der Waals surface area contributed by atoms with E-state index in [1.807, 2.05) is 6.07 Å². The predicted molar refractivity (Wildman–Crippen MR) is 89.3 cm³/mol. The molecular formula is C16H19ClN2S. The van der Waals surface area contributed by atoms with E-state index in [9.17, 15) is 0 Å². The Kier molecular flexibility index (Phi) is 4.18. The quantitative estimate of drug-likeness (QED) is 0.837. The third-order valence-electron chi connectivity index (χ3n) is 3.81. The average Bonchev–Trinajstić information content (AvgIpc) is 3.10. The van der Waals surface area contributed by atoms with Crippen molar-refractivity contribution in [1.82, 2.24) is 0 Å². The van der Waals surface area contributed by atoms with E-state index in [1.165, 1.54) is 37.2 Å². The van der Waals surface area contributed by atoms with Gasteiger partial charge in [-0.15, -0.1) is 11.3 Å². The molecule has 1 aromatic carbocycles. The van der Waals surface area contributed by atoms with Crippen LogP contribution < -0.4 is 10.2 Å². The zero-order valence-electron chi connectivity index (χ0n) is 11.6. The summed E-state index contributed by atoms with van der Waals surface area (Å²) in [6, 6.07) is 11.1. The molecule has 106 valence electrons. The van der Waals surface area contributed by atoms with Crippen LogP contribution in [-0.2, 0) is 0 Å². The molecule has 1 aromatic heterocycles. The molecule has 3 rings (SSSR count). The molecule has 1 aliphatic rings. The number of nitrogens with zero attached hydrogens (tertiary/aromatic N) is 1. The molecule has 2 aromatic rings. The van der Waals surface area contributed by atoms with Gasteiger partial charge in [0.05, 0.1) is 4.34 Å². The van der Waals surface area contributed by atoms with Gasteiger partial charge in [-0.25, -0.2) is 0 Å². The van der Waals surface area contributed by atoms with Crippen LogP contribution in [0.5, 0.6) is 0 Å². The fraction of sp³-hybridized carbons (Fsp3) is 0.375. The van der Waals surface area contributed by atoms with Gasteiger partial charge >= 0.3 is 0 Å². The van der Waals surface area contributed by atoms with Crippen molar-refractivity contribution in [2.24, 2.45) is 0 Å². The topological polar surface area (TPSA) is 15.3 Å². The van der Waals surface area contributed by atoms with Gasteiger partial charge in [0, 0.05) is 30.5 Å². The Balaban J connectivity index is 1.65. The van der Waals surface area contributed by atoms with Crippen LogP contribution in [0.25, 0.3) is 0 Å². The van der Waals surface area contributed by atoms with E-state index in [0.29, 0.717) is 0 Å². The van der Waals surface area contributed by atoms with Crippen molar-refractivity contribution in [2.45, 2.75) is 25.8 Å². The minimum atomic E-state index is 0.274. The first-order valence-corrected chi connectivity index (χ1v) is 8.33. The average molecular weight is 307 g/mol. The monoisotopic (exact) mass is 306 g/mol. The normalized spacial score (nSPS) is 16.4. The molecule has 0 radical (unpaired) electrons. The summed E-state index contributed by atoms with van der Waals surface area (Å²) in [6.45, 7) is 4.54. The summed E-state index contributed by atoms with van der Waals surface area (Å²) < 4.78 is 0.845. The van der Waals surface area contributed by atoms with Crippen LogP contribution in [0.3, 0.4) is 0 Å². The first-order valence-electron chi connectivity index (χ1n) is 7.08. The van der Waals surface area contributed by atoms with Crippen molar-refractivity contribution in [3.05, 3.63) is 45.6 Å². The van der Waals surface area contributed by atoms with E-state index in [4.69, 9.17) is 11.6 Å². The smallest absolute Gasteiger partial charge is 0.0931 e. The highest BCUT2D eigenvalue weighted by Gasteiger charge is 2.12. The number of nitrogens with one attached hydrogen (secondary N) is 1. The van der Waals surface area contributed by atoms with Gasteiger partial charge in [0.25, 0.3) is 0 Å². The molecule has 1 unspecified atom stereocenters. The van der Waals surface area contributed by atoms with Crippen LogP contribution in [0.1, 0.15) is 31.4 Å². The molecule has 1 fully saturated rings. The highest BCUT2D eigenvalue weighted by molar-refractivity contribution is 7.14. The van der Waals surface area contributed by atoms with Crippen LogP contribution in [0, 0.1) is 0 Å². The van der Waals surface area contributed by atoms with Crippen molar-refractivity contribution >= 4 is 34.3 Å². The Hall–Kier alpha value is -1.19. The Labute approximate surface area is 129 Å². The third-order valence-corrected chi connectivity index (χ3v) is 4.92. The van der Waals surface area contributed by atoms with Gasteiger partial charge in [0.1, 0.15) is 0 Å². The fourth-order valence-corrected chi connectivity index (χ4v) is 3.61. The molecule has 1 aliphatic heterocycles. The maximum Gasteiger partial charge on any atom is 0.0931 e. The van der Waals surface area contributed by atoms with Crippen molar-refractivity contribution in [1.29, 1.82) is 0 Å². The minimum Gasteiger partial charge on any atom is -0.378 e. The predicted octanol–water partition coefficient (Wildman–Crippen LogP) is 5.17. The molecule has 0 amide bonds. The second-order valence-electron chi connectivity index (χ2n) is 5.29. The third kappa shape index (κ3) is 3.10. The van der Waals surface area contributed by atoms with Crippen LogP contribution in [-0.4, -0.2) is 13.1 Å². The number of hydrogen-bond donors (Lipinski definition) is 1. The fourth-order valence-electron chi connectivity index (χ4n) is 2.63. The maximum absolute atomic E-state index is 5.99. The van der Waals surface area contributed by atoms with Gasteiger partial charge in [-0.05, 0) is 61.0 Å². The standard InChI is InChI=1S/C16H19ClN2S/c1-12(13-10-16(17)20-11-13)18-14-4-6-15(7-5-14)19-8-2-3-9-19/h4-7,10-12,18H,2-3,8-9H2,1H3. The van der Waals surface area contributed by atoms with E-state index in [1.54, 1.807) is 11.3 Å². The summed E-state index contributed by atoms with van der Waals surface area (Å²) in [5, 5.41) is 5.63. The number of benzene rings is 1. The highest BCUT2D eigenvalue weighted by atomic mass is 35.5. The molecular weight excluding hydrogens is 288 g/mol. The SMILES string of the molecule is CC(Nc1ccc(N2CCCC2)cc1)c1csc(Cl)c1. The lowest BCUT2D eigenvalue weighted by molar-refractivity contribution is 0.890. The summed E-state index contributed by atoms with van der Waals surface area (Å²) in [5.41, 5.74) is 3.73. The lowest BCUT2D eigenvalue weighted by atomic mass is 10.1. The van der Waals surface area contributed by atoms with Gasteiger partial charge in [-0.2, -0.15) is 0 Å². The maximum atomic E-state index is 5.99. The summed E-state index contributed by atoms with van der Waals surface area (Å²) >= 11 is 7.57. The van der Waals surface area contributed by atoms with Crippen LogP contribution in [0.4, 0.5) is 11.4 Å². The van der Waals surface area contributed by atoms with Crippen LogP contribution >= 0.6 is 22.9 Å². The summed E-state index contributed by atoms with van der Waals surface area (Å²) in [4.78, 5) is 2.45. The van der Waals surface area contributed by atoms with E-state index in [2.05, 4.69) is 46.8 Å². The summed E-state index contributed by atoms with van der Waals surface area (Å²) in [6.07, 6.45) is 2.63. The Morgan fingerprint density at radius 2 is 1.90 bits per heavy atom. The van der Waals surface area contributed by atoms with Gasteiger partial charge in [-0.1, -0.05) is 11.6 Å². The number of anilines is 2. The Morgan fingerprint density at radius 3 is 2.50 bits per heavy atom. The molecule has 2 nitrogen and oxygen atoms in total. The molecule has 1 atom stereocenters. The molecule has 0 aliphatic carbocycles. The molecule has 2 heterocycles. The lowest BCUT2D eigenvalue weighted by Crippen LogP contribution is -2.17. The second kappa shape index (κ2) is 6.06. The van der Waals surface area contributed by atoms with Gasteiger partial charge < -0.3 is 10.2 Å². The number of thiophene rings is 1. The molecule has 20 heavy (non-hydrogen) atoms. The first-order chi connectivity index (χ1) is 9.72. The van der Waals surface area contributed by atoms with Crippen molar-refractivity contribution in [3.63, 3.8) is 0 Å². The van der Waals surface area contributed by atoms with E-state index >= 15 is 0 Å². The molecule has 0 spiro atoms. The van der Waals surface area contributed by atoms with Crippen molar-refractivity contribution in [3.8, 4) is 0 Å². The molecule has 1 N–H and O–H groups in total. The van der Waals surface area contributed by atoms with Crippen LogP contribution in [0.2, 0.25) is 4.34 Å². The minimum absolute atomic E-state index is 0.274. The second-order valence-corrected chi connectivity index (χ2v) is 6.83. The van der Waals surface area contributed by atoms with Gasteiger partial charge in [0.15, 0.2) is 0 Å². The van der Waals surface area contributed by atoms with E-state index < -0.39 is 0 Å². The molecule has 0 saturated carbocycles. The van der Waals surface area contributed by atoms with Crippen molar-refractivity contribution < 1.29 is 0 Å². The van der Waals surface area contributed by atoms with E-state index in [-0.39, 0.29) is 6.04 Å². The Bertz CT molecular complexity index is 558. The Morgan fingerprint density at radius 1 is 1.20 bits per heavy atom. The molecule has 4 heteroatoms. The highest BCUT2D eigenvalue weighted by Crippen LogP contribution is 2.28. The summed E-state index contributed by atoms with van der Waals surface area (Å²) in [7, 11) is 0. The molecule has 1 saturated heterocycles. The molecule has 0 bridgehead atoms. The van der Waals surface area contributed by atoms with Crippen LogP contribution in [0.15, 0.2) is 35.7 Å². The zero-order valence-corrected chi connectivity index (χ0v) is 13.2. The summed E-state index contributed by atoms with van der Waals surface area (Å²) in [5.74, 6) is 0. The number of rotatable bonds is 4. The largest absolute Gasteiger partial charge is 0.378 e. The van der Waals surface area contributed by atoms with Gasteiger partial charge in [0.2, 0.25) is 0 Å². The van der Waals surface area contributed by atoms with Gasteiger partial charge in [-0.3, -0.25) is 0 Å². The number of hydrogen-bond acceptors (Lipinski definition) is 3. The zero-order chi connectivity index (χ0) is 13.9. The number of halogens is 1. The van der Waals surface area contributed by atoms with Crippen molar-refractivity contribution in [2.75, 3.05) is 23.3 Å². The lowest BCUT2D eigenvalue weighted by Gasteiger charge is -2.19. The first kappa shape index (κ1) is 13.8. The van der Waals surface area contributed by atoms with E-state index in [0.717, 1.165) is 10.0 Å².